The van der Waals surface area contributed by atoms with Crippen molar-refractivity contribution in [2.45, 2.75) is 32.5 Å². The number of carbonyl (C=O) groups excluding carboxylic acids is 1. The van der Waals surface area contributed by atoms with E-state index < -0.39 is 46.1 Å². The molecule has 0 aliphatic carbocycles. The van der Waals surface area contributed by atoms with Gasteiger partial charge in [0.05, 0.1) is 17.3 Å². The smallest absolute Gasteiger partial charge is 0.303 e. The van der Waals surface area contributed by atoms with Crippen molar-refractivity contribution in [3.63, 3.8) is 0 Å². The van der Waals surface area contributed by atoms with Crippen LogP contribution in [0.1, 0.15) is 30.5 Å². The first-order valence-corrected chi connectivity index (χ1v) is 8.98. The largest absolute Gasteiger partial charge is 0.420 e. The lowest BCUT2D eigenvalue weighted by Gasteiger charge is -2.29. The molecule has 1 amide bonds. The van der Waals surface area contributed by atoms with Crippen molar-refractivity contribution < 1.29 is 26.7 Å². The van der Waals surface area contributed by atoms with Crippen molar-refractivity contribution in [3.8, 4) is 6.07 Å². The van der Waals surface area contributed by atoms with Crippen LogP contribution in [0.15, 0.2) is 30.3 Å². The summed E-state index contributed by atoms with van der Waals surface area (Å²) in [5, 5.41) is 8.61. The molecule has 4 nitrogen and oxygen atoms in total. The molecule has 0 spiro atoms. The summed E-state index contributed by atoms with van der Waals surface area (Å²) in [6.07, 6.45) is -5.16. The van der Waals surface area contributed by atoms with E-state index in [1.165, 1.54) is 43.9 Å². The average molecular weight is 439 g/mol. The first-order chi connectivity index (χ1) is 13.8. The van der Waals surface area contributed by atoms with Gasteiger partial charge in [0, 0.05) is 5.69 Å². The quantitative estimate of drug-likeness (QED) is 0.484. The molecule has 3 rings (SSSR count). The highest BCUT2D eigenvalue weighted by Crippen LogP contribution is 2.42. The van der Waals surface area contributed by atoms with Crippen molar-refractivity contribution in [1.82, 2.24) is 0 Å². The third-order valence-corrected chi connectivity index (χ3v) is 5.21. The summed E-state index contributed by atoms with van der Waals surface area (Å²) < 4.78 is 69.0. The third kappa shape index (κ3) is 3.19. The topological polar surface area (TPSA) is 47.3 Å². The Bertz CT molecular complexity index is 1120. The Hall–Kier alpha value is -3.06. The monoisotopic (exact) mass is 439 g/mol. The number of anilines is 2. The lowest BCUT2D eigenvalue weighted by Crippen LogP contribution is -2.44. The van der Waals surface area contributed by atoms with E-state index in [0.29, 0.717) is 10.5 Å². The number of alkyl halides is 3. The molecule has 0 atom stereocenters. The Morgan fingerprint density at radius 2 is 1.77 bits per heavy atom. The van der Waals surface area contributed by atoms with Crippen molar-refractivity contribution in [2.24, 2.45) is 0 Å². The van der Waals surface area contributed by atoms with Gasteiger partial charge < -0.3 is 4.90 Å². The van der Waals surface area contributed by atoms with E-state index in [1.54, 1.807) is 0 Å². The standard InChI is InChI=1S/C20H14F5N3OS/c1-10-4-6-12(8-13(10)21)28-18(30)27(17(29)19(28,2)3)14-7-5-11(9-26)15(16(14)22)20(23,24)25/h4-8H,1-3H3. The Morgan fingerprint density at radius 3 is 2.30 bits per heavy atom. The van der Waals surface area contributed by atoms with Crippen molar-refractivity contribution in [1.29, 1.82) is 5.26 Å². The van der Waals surface area contributed by atoms with Gasteiger partial charge in [0.2, 0.25) is 0 Å². The highest BCUT2D eigenvalue weighted by Gasteiger charge is 2.52. The number of aryl methyl sites for hydroxylation is 1. The average Bonchev–Trinajstić information content (AvgIpc) is 2.81. The summed E-state index contributed by atoms with van der Waals surface area (Å²) >= 11 is 5.28. The van der Waals surface area contributed by atoms with Gasteiger partial charge in [-0.2, -0.15) is 18.4 Å². The zero-order valence-corrected chi connectivity index (χ0v) is 16.8. The minimum atomic E-state index is -5.16. The van der Waals surface area contributed by atoms with Gasteiger partial charge in [-0.15, -0.1) is 0 Å². The summed E-state index contributed by atoms with van der Waals surface area (Å²) in [6, 6.07) is 7.06. The normalized spacial score (nSPS) is 16.2. The van der Waals surface area contributed by atoms with E-state index in [9.17, 15) is 26.7 Å². The first-order valence-electron chi connectivity index (χ1n) is 8.57. The summed E-state index contributed by atoms with van der Waals surface area (Å²) in [6.45, 7) is 4.41. The number of rotatable bonds is 2. The van der Waals surface area contributed by atoms with E-state index in [1.807, 2.05) is 0 Å². The second kappa shape index (κ2) is 7.02. The van der Waals surface area contributed by atoms with E-state index in [0.717, 1.165) is 18.2 Å². The van der Waals surface area contributed by atoms with E-state index in [-0.39, 0.29) is 10.8 Å². The molecule has 0 N–H and O–H groups in total. The number of thiocarbonyl (C=S) groups is 1. The van der Waals surface area contributed by atoms with Crippen LogP contribution in [0.2, 0.25) is 0 Å². The number of benzene rings is 2. The maximum Gasteiger partial charge on any atom is 0.420 e. The maximum absolute atomic E-state index is 14.9. The minimum absolute atomic E-state index is 0.189. The molecule has 156 valence electrons. The molecule has 0 radical (unpaired) electrons. The number of carbonyl (C=O) groups is 1. The van der Waals surface area contributed by atoms with Gasteiger partial charge in [-0.1, -0.05) is 6.07 Å². The Labute approximate surface area is 174 Å². The number of nitriles is 1. The molecule has 30 heavy (non-hydrogen) atoms. The van der Waals surface area contributed by atoms with Gasteiger partial charge in [0.15, 0.2) is 10.9 Å². The highest BCUT2D eigenvalue weighted by molar-refractivity contribution is 7.81. The fraction of sp³-hybridized carbons (Fsp3) is 0.250. The van der Waals surface area contributed by atoms with Gasteiger partial charge in [0.25, 0.3) is 5.91 Å². The van der Waals surface area contributed by atoms with Crippen LogP contribution in [0.4, 0.5) is 33.3 Å². The van der Waals surface area contributed by atoms with Crippen LogP contribution in [-0.2, 0) is 11.0 Å². The summed E-state index contributed by atoms with van der Waals surface area (Å²) in [5.41, 5.74) is -4.34. The summed E-state index contributed by atoms with van der Waals surface area (Å²) in [4.78, 5) is 14.9. The van der Waals surface area contributed by atoms with E-state index in [4.69, 9.17) is 17.5 Å². The van der Waals surface area contributed by atoms with Gasteiger partial charge in [0.1, 0.15) is 16.9 Å². The van der Waals surface area contributed by atoms with Crippen LogP contribution in [0.25, 0.3) is 0 Å². The Kier molecular flexibility index (Phi) is 5.07. The predicted molar refractivity (Wildman–Crippen MR) is 104 cm³/mol. The lowest BCUT2D eigenvalue weighted by atomic mass is 10.0. The third-order valence-electron chi connectivity index (χ3n) is 4.85. The molecular formula is C20H14F5N3OS. The van der Waals surface area contributed by atoms with Gasteiger partial charge >= 0.3 is 6.18 Å². The van der Waals surface area contributed by atoms with Crippen molar-refractivity contribution in [3.05, 3.63) is 58.7 Å². The van der Waals surface area contributed by atoms with E-state index >= 15 is 0 Å². The Morgan fingerprint density at radius 1 is 1.13 bits per heavy atom. The van der Waals surface area contributed by atoms with Crippen LogP contribution in [0.3, 0.4) is 0 Å². The molecule has 2 aromatic carbocycles. The number of hydrogen-bond acceptors (Lipinski definition) is 3. The number of amides is 1. The van der Waals surface area contributed by atoms with Crippen LogP contribution in [-0.4, -0.2) is 16.6 Å². The van der Waals surface area contributed by atoms with Crippen molar-refractivity contribution in [2.75, 3.05) is 9.80 Å². The molecule has 0 bridgehead atoms. The first kappa shape index (κ1) is 21.6. The molecule has 1 aliphatic rings. The van der Waals surface area contributed by atoms with Crippen LogP contribution in [0.5, 0.6) is 0 Å². The SMILES string of the molecule is Cc1ccc(N2C(=S)N(c3ccc(C#N)c(C(F)(F)F)c3F)C(=O)C2(C)C)cc1F. The van der Waals surface area contributed by atoms with E-state index in [2.05, 4.69) is 0 Å². The summed E-state index contributed by atoms with van der Waals surface area (Å²) in [7, 11) is 0. The van der Waals surface area contributed by atoms with Gasteiger partial charge in [-0.05, 0) is 62.8 Å². The maximum atomic E-state index is 14.9. The highest BCUT2D eigenvalue weighted by atomic mass is 32.1. The molecule has 10 heteroatoms. The summed E-state index contributed by atoms with van der Waals surface area (Å²) in [5.74, 6) is -3.16. The molecule has 0 saturated carbocycles. The molecule has 0 aromatic heterocycles. The molecule has 0 unspecified atom stereocenters. The second-order valence-corrected chi connectivity index (χ2v) is 7.55. The molecule has 2 aromatic rings. The predicted octanol–water partition coefficient (Wildman–Crippen LogP) is 5.08. The second-order valence-electron chi connectivity index (χ2n) is 7.18. The zero-order chi connectivity index (χ0) is 22.6. The van der Waals surface area contributed by atoms with Crippen LogP contribution >= 0.6 is 12.2 Å². The van der Waals surface area contributed by atoms with Crippen LogP contribution in [0, 0.1) is 29.9 Å². The van der Waals surface area contributed by atoms with Crippen molar-refractivity contribution >= 4 is 34.6 Å². The zero-order valence-electron chi connectivity index (χ0n) is 15.9. The van der Waals surface area contributed by atoms with Crippen LogP contribution < -0.4 is 9.80 Å². The molecule has 1 saturated heterocycles. The number of nitrogens with zero attached hydrogens (tertiary/aromatic N) is 3. The number of hydrogen-bond donors (Lipinski definition) is 0. The molecular weight excluding hydrogens is 425 g/mol. The van der Waals surface area contributed by atoms with Gasteiger partial charge in [-0.3, -0.25) is 9.69 Å². The van der Waals surface area contributed by atoms with Gasteiger partial charge in [-0.25, -0.2) is 8.78 Å². The number of halogens is 5. The fourth-order valence-corrected chi connectivity index (χ4v) is 3.78. The lowest BCUT2D eigenvalue weighted by molar-refractivity contribution is -0.140. The fourth-order valence-electron chi connectivity index (χ4n) is 3.27. The molecule has 1 aliphatic heterocycles. The molecule has 1 heterocycles. The minimum Gasteiger partial charge on any atom is -0.303 e. The molecule has 1 fully saturated rings. The Balaban J connectivity index is 2.19.